The summed E-state index contributed by atoms with van der Waals surface area (Å²) >= 11 is 0.384. The van der Waals surface area contributed by atoms with Crippen molar-refractivity contribution in [3.63, 3.8) is 0 Å². The van der Waals surface area contributed by atoms with Crippen molar-refractivity contribution in [2.24, 2.45) is 5.92 Å². The van der Waals surface area contributed by atoms with Crippen LogP contribution >= 0.6 is 0 Å². The van der Waals surface area contributed by atoms with Crippen LogP contribution in [-0.4, -0.2) is 33.6 Å². The third kappa shape index (κ3) is 3.09. The maximum absolute atomic E-state index is 12.2. The second kappa shape index (κ2) is 6.89. The van der Waals surface area contributed by atoms with Gasteiger partial charge in [0.25, 0.3) is 0 Å². The van der Waals surface area contributed by atoms with Crippen LogP contribution in [0.2, 0.25) is 4.82 Å². The monoisotopic (exact) mass is 366 g/mol. The van der Waals surface area contributed by atoms with Crippen molar-refractivity contribution in [1.29, 1.82) is 0 Å². The van der Waals surface area contributed by atoms with E-state index in [1.54, 1.807) is 0 Å². The Hall–Kier alpha value is -1.25. The van der Waals surface area contributed by atoms with Crippen LogP contribution < -0.4 is 4.46 Å². The molecule has 0 N–H and O–H groups in total. The van der Waals surface area contributed by atoms with Crippen molar-refractivity contribution >= 4 is 25.4 Å². The van der Waals surface area contributed by atoms with Gasteiger partial charge in [-0.05, 0) is 0 Å². The Labute approximate surface area is 138 Å². The molecule has 0 radical (unpaired) electrons. The predicted octanol–water partition coefficient (Wildman–Crippen LogP) is 2.84. The molecule has 1 aliphatic heterocycles. The molecule has 0 aromatic heterocycles. The summed E-state index contributed by atoms with van der Waals surface area (Å²) in [6.07, 6.45) is 3.56. The second-order valence-electron chi connectivity index (χ2n) is 5.78. The quantitative estimate of drug-likeness (QED) is 0.608. The summed E-state index contributed by atoms with van der Waals surface area (Å²) in [7, 11) is 0. The van der Waals surface area contributed by atoms with E-state index in [1.165, 1.54) is 17.3 Å². The van der Waals surface area contributed by atoms with Crippen LogP contribution in [0.1, 0.15) is 33.1 Å². The van der Waals surface area contributed by atoms with Crippen molar-refractivity contribution in [1.82, 2.24) is 0 Å². The van der Waals surface area contributed by atoms with E-state index in [9.17, 15) is 4.79 Å². The third-order valence-electron chi connectivity index (χ3n) is 4.36. The average Bonchev–Trinajstić information content (AvgIpc) is 2.86. The van der Waals surface area contributed by atoms with E-state index in [4.69, 9.17) is 9.47 Å². The van der Waals surface area contributed by atoms with Gasteiger partial charge in [0.1, 0.15) is 0 Å². The van der Waals surface area contributed by atoms with Crippen LogP contribution in [0.25, 0.3) is 0 Å². The molecule has 22 heavy (non-hydrogen) atoms. The van der Waals surface area contributed by atoms with E-state index in [-0.39, 0.29) is 18.0 Å². The summed E-state index contributed by atoms with van der Waals surface area (Å²) in [6, 6.07) is 10.6. The fraction of sp³-hybridized carbons (Fsp3) is 0.500. The first-order chi connectivity index (χ1) is 10.7. The Morgan fingerprint density at radius 3 is 2.82 bits per heavy atom. The van der Waals surface area contributed by atoms with Gasteiger partial charge in [0, 0.05) is 0 Å². The first-order valence-corrected chi connectivity index (χ1v) is 9.81. The fourth-order valence-corrected chi connectivity index (χ4v) is 6.21. The van der Waals surface area contributed by atoms with Crippen molar-refractivity contribution in [2.45, 2.75) is 44.0 Å². The molecule has 0 saturated heterocycles. The zero-order valence-corrected chi connectivity index (χ0v) is 14.8. The number of ether oxygens (including phenoxy) is 2. The van der Waals surface area contributed by atoms with Crippen molar-refractivity contribution in [3.8, 4) is 0 Å². The number of fused-ring (bicyclic) bond motifs is 1. The van der Waals surface area contributed by atoms with E-state index < -0.39 is 0 Å². The topological polar surface area (TPSA) is 35.5 Å². The molecule has 1 heterocycles. The molecule has 118 valence electrons. The number of esters is 1. The van der Waals surface area contributed by atoms with Crippen LogP contribution in [0.15, 0.2) is 41.7 Å². The van der Waals surface area contributed by atoms with Gasteiger partial charge in [0.05, 0.1) is 0 Å². The minimum absolute atomic E-state index is 0.161. The molecule has 1 saturated carbocycles. The molecule has 0 amide bonds. The third-order valence-corrected chi connectivity index (χ3v) is 7.19. The number of hydrogen-bond acceptors (Lipinski definition) is 3. The summed E-state index contributed by atoms with van der Waals surface area (Å²) in [6.45, 7) is 4.19. The molecule has 1 aromatic carbocycles. The van der Waals surface area contributed by atoms with E-state index in [1.807, 2.05) is 13.8 Å². The van der Waals surface area contributed by atoms with E-state index in [0.29, 0.717) is 26.4 Å². The van der Waals surface area contributed by atoms with Crippen molar-refractivity contribution in [3.05, 3.63) is 41.7 Å². The van der Waals surface area contributed by atoms with Crippen LogP contribution in [0.4, 0.5) is 0 Å². The van der Waals surface area contributed by atoms with Crippen molar-refractivity contribution < 1.29 is 14.3 Å². The summed E-state index contributed by atoms with van der Waals surface area (Å²) in [5.41, 5.74) is 0.792. The number of hydrogen-bond donors (Lipinski definition) is 0. The minimum atomic E-state index is -0.180. The standard InChI is InChI=1S/C18H22O3Se/c1-3-20-18(19)16-12(2)21-17-14(16)10-7-11-15(17)22-13-8-5-4-6-9-13/h4-6,8-9,14-15,17H,3,7,10-11H2,1-2H3/t14-,15+,17+/m0/s1. The Morgan fingerprint density at radius 1 is 1.32 bits per heavy atom. The molecule has 2 aliphatic rings. The molecule has 0 unspecified atom stereocenters. The Kier molecular flexibility index (Phi) is 4.90. The molecule has 4 heteroatoms. The number of benzene rings is 1. The van der Waals surface area contributed by atoms with Crippen LogP contribution in [0, 0.1) is 5.92 Å². The zero-order valence-electron chi connectivity index (χ0n) is 13.1. The maximum atomic E-state index is 12.2. The molecule has 1 aromatic rings. The Balaban J connectivity index is 1.75. The number of carbonyl (C=O) groups excluding carboxylic acids is 1. The van der Waals surface area contributed by atoms with Gasteiger partial charge < -0.3 is 0 Å². The Morgan fingerprint density at radius 2 is 2.09 bits per heavy atom. The van der Waals surface area contributed by atoms with Gasteiger partial charge in [-0.2, -0.15) is 0 Å². The first-order valence-electron chi connectivity index (χ1n) is 7.97. The van der Waals surface area contributed by atoms with Gasteiger partial charge in [0.2, 0.25) is 0 Å². The molecule has 3 nitrogen and oxygen atoms in total. The molecule has 1 aliphatic carbocycles. The molecule has 0 bridgehead atoms. The summed E-state index contributed by atoms with van der Waals surface area (Å²) in [4.78, 5) is 12.8. The summed E-state index contributed by atoms with van der Waals surface area (Å²) in [5.74, 6) is 0.827. The normalized spacial score (nSPS) is 27.3. The van der Waals surface area contributed by atoms with Gasteiger partial charge in [-0.15, -0.1) is 0 Å². The van der Waals surface area contributed by atoms with Gasteiger partial charge >= 0.3 is 138 Å². The summed E-state index contributed by atoms with van der Waals surface area (Å²) < 4.78 is 12.8. The predicted molar refractivity (Wildman–Crippen MR) is 87.1 cm³/mol. The molecule has 0 spiro atoms. The van der Waals surface area contributed by atoms with Gasteiger partial charge in [-0.25, -0.2) is 0 Å². The molecule has 1 fully saturated rings. The van der Waals surface area contributed by atoms with E-state index in [2.05, 4.69) is 30.3 Å². The second-order valence-corrected chi connectivity index (χ2v) is 8.53. The fourth-order valence-electron chi connectivity index (χ4n) is 3.43. The molecular formula is C18H22O3Se. The number of carbonyl (C=O) groups is 1. The Bertz CT molecular complexity index is 567. The molecular weight excluding hydrogens is 343 g/mol. The van der Waals surface area contributed by atoms with E-state index >= 15 is 0 Å². The SMILES string of the molecule is CCOC(=O)C1=C(C)O[C@H]2[C@H]([Se]c3ccccc3)CCC[C@@H]12. The zero-order chi connectivity index (χ0) is 15.5. The van der Waals surface area contributed by atoms with Crippen LogP contribution in [0.5, 0.6) is 0 Å². The molecule has 3 rings (SSSR count). The van der Waals surface area contributed by atoms with E-state index in [0.717, 1.165) is 17.8 Å². The van der Waals surface area contributed by atoms with Crippen LogP contribution in [-0.2, 0) is 14.3 Å². The average molecular weight is 365 g/mol. The van der Waals surface area contributed by atoms with Crippen LogP contribution in [0.3, 0.4) is 0 Å². The first kappa shape index (κ1) is 15.6. The number of allylic oxidation sites excluding steroid dienone is 1. The summed E-state index contributed by atoms with van der Waals surface area (Å²) in [5, 5.41) is 0. The van der Waals surface area contributed by atoms with Gasteiger partial charge in [-0.3, -0.25) is 0 Å². The van der Waals surface area contributed by atoms with Gasteiger partial charge in [0.15, 0.2) is 0 Å². The molecule has 3 atom stereocenters. The van der Waals surface area contributed by atoms with Gasteiger partial charge in [-0.1, -0.05) is 0 Å². The van der Waals surface area contributed by atoms with Crippen molar-refractivity contribution in [2.75, 3.05) is 6.61 Å². The number of rotatable bonds is 4.